The molecule has 14 nitrogen and oxygen atoms in total. The molecule has 0 amide bonds. The van der Waals surface area contributed by atoms with Gasteiger partial charge in [-0.05, 0) is 32.0 Å². The Morgan fingerprint density at radius 3 is 1.68 bits per heavy atom. The van der Waals surface area contributed by atoms with Crippen LogP contribution < -0.4 is 22.5 Å². The molecule has 4 rings (SSSR count). The number of aliphatic hydroxyl groups is 1. The van der Waals surface area contributed by atoms with Gasteiger partial charge in [-0.1, -0.05) is 20.8 Å². The van der Waals surface area contributed by atoms with Gasteiger partial charge in [-0.25, -0.2) is 9.59 Å². The summed E-state index contributed by atoms with van der Waals surface area (Å²) in [6.45, 7) is 9.36. The molecule has 0 saturated carbocycles. The number of rotatable bonds is 10. The van der Waals surface area contributed by atoms with Crippen molar-refractivity contribution in [2.45, 2.75) is 121 Å². The van der Waals surface area contributed by atoms with E-state index in [-0.39, 0.29) is 17.5 Å². The minimum absolute atomic E-state index is 0.00925. The van der Waals surface area contributed by atoms with Crippen LogP contribution in [0.15, 0.2) is 31.6 Å². The summed E-state index contributed by atoms with van der Waals surface area (Å²) in [4.78, 5) is 52.8. The lowest BCUT2D eigenvalue weighted by atomic mass is 10.1. The highest BCUT2D eigenvalue weighted by atomic mass is 28.4. The van der Waals surface area contributed by atoms with E-state index in [1.165, 1.54) is 13.8 Å². The number of H-pyrrole nitrogens is 2. The van der Waals surface area contributed by atoms with Gasteiger partial charge in [0.15, 0.2) is 8.32 Å². The van der Waals surface area contributed by atoms with Crippen LogP contribution in [0.3, 0.4) is 0 Å². The molecule has 2 aromatic rings. The largest absolute Gasteiger partial charge is 0.453 e. The molecule has 2 aliphatic heterocycles. The number of aromatic amines is 2. The molecule has 2 aromatic heterocycles. The van der Waals surface area contributed by atoms with Crippen molar-refractivity contribution in [1.29, 1.82) is 0 Å². The third-order valence-corrected chi connectivity index (χ3v) is 13.7. The fourth-order valence-electron chi connectivity index (χ4n) is 5.36. The van der Waals surface area contributed by atoms with E-state index in [0.717, 1.165) is 21.5 Å². The maximum atomic E-state index is 14.7. The number of halogens is 6. The summed E-state index contributed by atoms with van der Waals surface area (Å²) in [6.07, 6.45) is -20.9. The Hall–Kier alpha value is -3.08. The first-order chi connectivity index (χ1) is 22.8. The molecular formula is C29H40F6N4O10Si. The summed E-state index contributed by atoms with van der Waals surface area (Å²) in [7, 11) is -2.77. The van der Waals surface area contributed by atoms with Gasteiger partial charge in [-0.15, -0.1) is 0 Å². The maximum absolute atomic E-state index is 14.7. The summed E-state index contributed by atoms with van der Waals surface area (Å²) in [5.74, 6) is -5.30. The zero-order valence-electron chi connectivity index (χ0n) is 28.2. The molecule has 6 atom stereocenters. The number of hydrogen-bond acceptors (Lipinski definition) is 10. The third-order valence-electron chi connectivity index (χ3n) is 9.22. The van der Waals surface area contributed by atoms with Gasteiger partial charge in [0.2, 0.25) is 0 Å². The van der Waals surface area contributed by atoms with E-state index < -0.39 is 110 Å². The van der Waals surface area contributed by atoms with Gasteiger partial charge in [0.25, 0.3) is 11.1 Å². The van der Waals surface area contributed by atoms with E-state index in [9.17, 15) is 50.6 Å². The Kier molecular flexibility index (Phi) is 11.0. The zero-order chi connectivity index (χ0) is 37.8. The molecule has 2 saturated heterocycles. The molecule has 3 N–H and O–H groups in total. The number of aromatic nitrogens is 4. The SMILES string of the molecule is Cc1cn([C@H]2C[C@H](OC(OC[C@H]3O[C@@H](n4cc(C)c(=O)[nH]c4=O)C[C@@H]3O[Si](C)(C)C(C)(C)C)(C(F)(F)F)C(F)(F)F)[C@@H](CO)O2)c(=O)[nH]c1=O. The fraction of sp³-hybridized carbons (Fsp3) is 0.724. The lowest BCUT2D eigenvalue weighted by Crippen LogP contribution is -2.63. The monoisotopic (exact) mass is 746 g/mol. The molecule has 282 valence electrons. The average Bonchev–Trinajstić information content (AvgIpc) is 3.56. The van der Waals surface area contributed by atoms with Crippen LogP contribution in [-0.2, 0) is 23.4 Å². The molecule has 2 fully saturated rings. The topological polar surface area (TPSA) is 176 Å². The van der Waals surface area contributed by atoms with Gasteiger partial charge in [0.1, 0.15) is 24.7 Å². The second-order valence-corrected chi connectivity index (χ2v) is 18.6. The standard InChI is InChI=1S/C29H40F6N4O10Si/c1-14-10-38(24(43)36-22(14)41)20-8-16(18(12-40)46-20)48-27(28(30,31)32,29(33,34)35)45-13-19-17(49-50(6,7)26(3,4)5)9-21(47-19)39-11-15(2)23(42)37-25(39)44/h10-11,16-21,40H,8-9,12-13H2,1-7H3,(H,36,41,43)(H,37,42,44)/t16-,17-,18+,19+,20+,21+/m0/s1. The number of aliphatic hydroxyl groups excluding tert-OH is 1. The first kappa shape index (κ1) is 39.7. The molecule has 4 heterocycles. The van der Waals surface area contributed by atoms with Crippen LogP contribution in [0, 0.1) is 13.8 Å². The minimum atomic E-state index is -6.27. The van der Waals surface area contributed by atoms with E-state index >= 15 is 0 Å². The van der Waals surface area contributed by atoms with Crippen molar-refractivity contribution in [1.82, 2.24) is 19.1 Å². The van der Waals surface area contributed by atoms with Crippen LogP contribution in [-0.4, -0.2) is 88.3 Å². The van der Waals surface area contributed by atoms with Gasteiger partial charge in [0.05, 0.1) is 25.4 Å². The quantitative estimate of drug-likeness (QED) is 0.186. The summed E-state index contributed by atoms with van der Waals surface area (Å²) < 4.78 is 117. The molecule has 0 aromatic carbocycles. The molecule has 50 heavy (non-hydrogen) atoms. The highest BCUT2D eigenvalue weighted by Crippen LogP contribution is 2.50. The Morgan fingerprint density at radius 2 is 1.26 bits per heavy atom. The highest BCUT2D eigenvalue weighted by molar-refractivity contribution is 6.74. The van der Waals surface area contributed by atoms with Crippen molar-refractivity contribution >= 4 is 8.32 Å². The Bertz CT molecular complexity index is 1770. The maximum Gasteiger partial charge on any atom is 0.453 e. The Labute approximate surface area is 281 Å². The van der Waals surface area contributed by atoms with Crippen LogP contribution >= 0.6 is 0 Å². The predicted molar refractivity (Wildman–Crippen MR) is 164 cm³/mol. The first-order valence-corrected chi connectivity index (χ1v) is 18.4. The van der Waals surface area contributed by atoms with Crippen molar-refractivity contribution < 1.29 is 54.8 Å². The number of nitrogens with one attached hydrogen (secondary N) is 2. The van der Waals surface area contributed by atoms with Crippen LogP contribution in [0.4, 0.5) is 26.3 Å². The van der Waals surface area contributed by atoms with Crippen molar-refractivity contribution in [3.63, 3.8) is 0 Å². The van der Waals surface area contributed by atoms with Gasteiger partial charge >= 0.3 is 29.5 Å². The lowest BCUT2D eigenvalue weighted by Gasteiger charge is -2.41. The minimum Gasteiger partial charge on any atom is -0.411 e. The van der Waals surface area contributed by atoms with Gasteiger partial charge < -0.3 is 28.5 Å². The van der Waals surface area contributed by atoms with E-state index in [4.69, 9.17) is 23.4 Å². The Balaban J connectivity index is 1.70. The number of ether oxygens (including phenoxy) is 4. The smallest absolute Gasteiger partial charge is 0.411 e. The molecular weight excluding hydrogens is 706 g/mol. The van der Waals surface area contributed by atoms with Crippen molar-refractivity contribution in [2.75, 3.05) is 13.2 Å². The predicted octanol–water partition coefficient (Wildman–Crippen LogP) is 2.88. The van der Waals surface area contributed by atoms with Gasteiger partial charge in [0, 0.05) is 36.4 Å². The second kappa shape index (κ2) is 13.8. The Morgan fingerprint density at radius 1 is 0.820 bits per heavy atom. The second-order valence-electron chi connectivity index (χ2n) is 13.9. The molecule has 0 spiro atoms. The fourth-order valence-corrected chi connectivity index (χ4v) is 6.72. The molecule has 0 aliphatic carbocycles. The van der Waals surface area contributed by atoms with Gasteiger partial charge in [-0.2, -0.15) is 26.3 Å². The summed E-state index contributed by atoms with van der Waals surface area (Å²) in [5, 5.41) is 9.38. The molecule has 2 aliphatic rings. The molecule has 0 radical (unpaired) electrons. The normalized spacial score (nSPS) is 25.4. The van der Waals surface area contributed by atoms with E-state index in [1.54, 1.807) is 13.1 Å². The van der Waals surface area contributed by atoms with E-state index in [2.05, 4.69) is 4.98 Å². The number of aryl methyl sites for hydroxylation is 2. The summed E-state index contributed by atoms with van der Waals surface area (Å²) >= 11 is 0. The van der Waals surface area contributed by atoms with Crippen LogP contribution in [0.5, 0.6) is 0 Å². The van der Waals surface area contributed by atoms with Gasteiger partial charge in [-0.3, -0.25) is 28.7 Å². The van der Waals surface area contributed by atoms with Crippen LogP contribution in [0.2, 0.25) is 18.1 Å². The van der Waals surface area contributed by atoms with Crippen molar-refractivity contribution in [3.8, 4) is 0 Å². The lowest BCUT2D eigenvalue weighted by molar-refractivity contribution is -0.480. The van der Waals surface area contributed by atoms with E-state index in [0.29, 0.717) is 0 Å². The number of nitrogens with zero attached hydrogens (tertiary/aromatic N) is 2. The van der Waals surface area contributed by atoms with E-state index in [1.807, 2.05) is 25.8 Å². The highest BCUT2D eigenvalue weighted by Gasteiger charge is 2.76. The van der Waals surface area contributed by atoms with Crippen molar-refractivity contribution in [2.24, 2.45) is 0 Å². The van der Waals surface area contributed by atoms with Crippen molar-refractivity contribution in [3.05, 3.63) is 65.2 Å². The molecule has 0 bridgehead atoms. The summed E-state index contributed by atoms with van der Waals surface area (Å²) in [5.41, 5.74) is -3.38. The first-order valence-electron chi connectivity index (χ1n) is 15.5. The number of alkyl halides is 6. The molecule has 0 unspecified atom stereocenters. The third kappa shape index (κ3) is 7.72. The zero-order valence-corrected chi connectivity index (χ0v) is 29.2. The average molecular weight is 747 g/mol. The molecule has 21 heteroatoms. The van der Waals surface area contributed by atoms with Crippen LogP contribution in [0.25, 0.3) is 0 Å². The van der Waals surface area contributed by atoms with Crippen LogP contribution in [0.1, 0.15) is 57.2 Å². The summed E-state index contributed by atoms with van der Waals surface area (Å²) in [6, 6.07) is 0. The number of hydrogen-bond donors (Lipinski definition) is 3.